The van der Waals surface area contributed by atoms with Crippen molar-refractivity contribution in [3.63, 3.8) is 0 Å². The maximum atomic E-state index is 10.8. The van der Waals surface area contributed by atoms with Gasteiger partial charge in [-0.3, -0.25) is 0 Å². The highest BCUT2D eigenvalue weighted by Gasteiger charge is 2.57. The third-order valence-electron chi connectivity index (χ3n) is 8.11. The normalized spacial score (nSPS) is 37.3. The van der Waals surface area contributed by atoms with Gasteiger partial charge in [-0.2, -0.15) is 0 Å². The molecule has 0 aromatic heterocycles. The Morgan fingerprint density at radius 2 is 2.04 bits per heavy atom. The van der Waals surface area contributed by atoms with Crippen LogP contribution in [0, 0.1) is 23.2 Å². The molecule has 0 radical (unpaired) electrons. The zero-order chi connectivity index (χ0) is 19.2. The molecule has 0 saturated heterocycles. The minimum atomic E-state index is -0.120. The standard InChI is InChI=1S/C25H36O2/c1-16(2)6-4-5-7-18-15-25(3)22(12-13-23(25)27)21-10-8-17-14-19(26)9-11-20(17)24(18)21/h6,9,11,14,18,21-24,26-27H,4-5,7-8,10,12-13,15H2,1-3H3/t18-,21?,22?,23-,24?,25-/m0/s1. The summed E-state index contributed by atoms with van der Waals surface area (Å²) in [6.07, 6.45) is 11.5. The summed E-state index contributed by atoms with van der Waals surface area (Å²) in [7, 11) is 0. The van der Waals surface area contributed by atoms with Crippen molar-refractivity contribution in [1.82, 2.24) is 0 Å². The van der Waals surface area contributed by atoms with Gasteiger partial charge in [0, 0.05) is 0 Å². The van der Waals surface area contributed by atoms with E-state index in [1.165, 1.54) is 48.8 Å². The molecule has 2 fully saturated rings. The van der Waals surface area contributed by atoms with Gasteiger partial charge in [-0.05, 0) is 118 Å². The van der Waals surface area contributed by atoms with Gasteiger partial charge in [-0.15, -0.1) is 0 Å². The van der Waals surface area contributed by atoms with E-state index in [2.05, 4.69) is 32.9 Å². The molecule has 3 aliphatic carbocycles. The molecule has 0 heterocycles. The first-order valence-corrected chi connectivity index (χ1v) is 11.0. The first-order valence-electron chi connectivity index (χ1n) is 11.0. The van der Waals surface area contributed by atoms with E-state index in [0.29, 0.717) is 29.4 Å². The zero-order valence-electron chi connectivity index (χ0n) is 17.2. The molecule has 148 valence electrons. The number of phenols is 1. The smallest absolute Gasteiger partial charge is 0.115 e. The van der Waals surface area contributed by atoms with Gasteiger partial charge in [0.1, 0.15) is 5.75 Å². The highest BCUT2D eigenvalue weighted by molar-refractivity contribution is 5.40. The fraction of sp³-hybridized carbons (Fsp3) is 0.680. The highest BCUT2D eigenvalue weighted by atomic mass is 16.3. The van der Waals surface area contributed by atoms with Gasteiger partial charge in [-0.25, -0.2) is 0 Å². The molecule has 0 amide bonds. The van der Waals surface area contributed by atoms with Gasteiger partial charge in [0.05, 0.1) is 6.10 Å². The van der Waals surface area contributed by atoms with Gasteiger partial charge < -0.3 is 10.2 Å². The topological polar surface area (TPSA) is 40.5 Å². The predicted molar refractivity (Wildman–Crippen MR) is 111 cm³/mol. The van der Waals surface area contributed by atoms with E-state index in [9.17, 15) is 10.2 Å². The second-order valence-electron chi connectivity index (χ2n) is 9.99. The molecular weight excluding hydrogens is 332 g/mol. The Bertz CT molecular complexity index is 717. The van der Waals surface area contributed by atoms with Crippen LogP contribution in [0.4, 0.5) is 0 Å². The maximum Gasteiger partial charge on any atom is 0.115 e. The Labute approximate surface area is 164 Å². The van der Waals surface area contributed by atoms with Crippen LogP contribution in [-0.4, -0.2) is 16.3 Å². The largest absolute Gasteiger partial charge is 0.508 e. The molecule has 2 N–H and O–H groups in total. The molecule has 2 saturated carbocycles. The molecular formula is C25H36O2. The number of hydrogen-bond donors (Lipinski definition) is 2. The molecule has 3 aliphatic rings. The molecule has 0 bridgehead atoms. The van der Waals surface area contributed by atoms with Gasteiger partial charge in [-0.1, -0.05) is 24.6 Å². The van der Waals surface area contributed by atoms with Crippen molar-refractivity contribution >= 4 is 0 Å². The Balaban J connectivity index is 1.64. The van der Waals surface area contributed by atoms with Crippen LogP contribution >= 0.6 is 0 Å². The molecule has 1 aromatic carbocycles. The van der Waals surface area contributed by atoms with Gasteiger partial charge >= 0.3 is 0 Å². The summed E-state index contributed by atoms with van der Waals surface area (Å²) in [5, 5.41) is 20.8. The second kappa shape index (κ2) is 7.28. The highest BCUT2D eigenvalue weighted by Crippen LogP contribution is 2.63. The van der Waals surface area contributed by atoms with Crippen LogP contribution in [0.5, 0.6) is 5.75 Å². The lowest BCUT2D eigenvalue weighted by molar-refractivity contribution is -0.0499. The van der Waals surface area contributed by atoms with Gasteiger partial charge in [0.2, 0.25) is 0 Å². The number of phenolic OH excluding ortho intramolecular Hbond substituents is 1. The van der Waals surface area contributed by atoms with Crippen LogP contribution < -0.4 is 0 Å². The quantitative estimate of drug-likeness (QED) is 0.507. The van der Waals surface area contributed by atoms with E-state index < -0.39 is 0 Å². The van der Waals surface area contributed by atoms with E-state index in [-0.39, 0.29) is 11.5 Å². The maximum absolute atomic E-state index is 10.8. The second-order valence-corrected chi connectivity index (χ2v) is 9.99. The molecule has 2 nitrogen and oxygen atoms in total. The van der Waals surface area contributed by atoms with E-state index in [4.69, 9.17) is 0 Å². The molecule has 3 unspecified atom stereocenters. The monoisotopic (exact) mass is 368 g/mol. The number of aromatic hydroxyl groups is 1. The number of hydrogen-bond acceptors (Lipinski definition) is 2. The van der Waals surface area contributed by atoms with Gasteiger partial charge in [0.15, 0.2) is 0 Å². The number of allylic oxidation sites excluding steroid dienone is 2. The third kappa shape index (κ3) is 3.35. The number of aryl methyl sites for hydroxylation is 1. The number of aliphatic hydroxyl groups excluding tert-OH is 1. The molecule has 6 atom stereocenters. The van der Waals surface area contributed by atoms with Crippen LogP contribution in [0.25, 0.3) is 0 Å². The Kier molecular flexibility index (Phi) is 5.14. The lowest BCUT2D eigenvalue weighted by Gasteiger charge is -2.54. The number of aliphatic hydroxyl groups is 1. The summed E-state index contributed by atoms with van der Waals surface area (Å²) in [6.45, 7) is 6.74. The predicted octanol–water partition coefficient (Wildman–Crippen LogP) is 5.97. The van der Waals surface area contributed by atoms with Crippen molar-refractivity contribution in [3.8, 4) is 5.75 Å². The minimum Gasteiger partial charge on any atom is -0.508 e. The molecule has 1 aromatic rings. The van der Waals surface area contributed by atoms with Crippen molar-refractivity contribution in [2.24, 2.45) is 23.2 Å². The van der Waals surface area contributed by atoms with Crippen LogP contribution in [0.2, 0.25) is 0 Å². The Hall–Kier alpha value is -1.28. The van der Waals surface area contributed by atoms with Crippen molar-refractivity contribution in [3.05, 3.63) is 41.0 Å². The summed E-state index contributed by atoms with van der Waals surface area (Å²) in [4.78, 5) is 0. The lowest BCUT2D eigenvalue weighted by atomic mass is 9.51. The van der Waals surface area contributed by atoms with Crippen molar-refractivity contribution in [2.45, 2.75) is 84.2 Å². The molecule has 2 heteroatoms. The van der Waals surface area contributed by atoms with Crippen molar-refractivity contribution < 1.29 is 10.2 Å². The molecule has 27 heavy (non-hydrogen) atoms. The lowest BCUT2D eigenvalue weighted by Crippen LogP contribution is -2.47. The summed E-state index contributed by atoms with van der Waals surface area (Å²) in [6, 6.07) is 6.10. The zero-order valence-corrected chi connectivity index (χ0v) is 17.2. The summed E-state index contributed by atoms with van der Waals surface area (Å²) in [5.74, 6) is 3.03. The van der Waals surface area contributed by atoms with E-state index >= 15 is 0 Å². The fourth-order valence-corrected chi connectivity index (χ4v) is 6.90. The summed E-state index contributed by atoms with van der Waals surface area (Å²) in [5.41, 5.74) is 4.39. The molecule has 4 rings (SSSR count). The Morgan fingerprint density at radius 3 is 2.81 bits per heavy atom. The average molecular weight is 369 g/mol. The van der Waals surface area contributed by atoms with Crippen LogP contribution in [0.3, 0.4) is 0 Å². The van der Waals surface area contributed by atoms with Crippen LogP contribution in [0.15, 0.2) is 29.8 Å². The van der Waals surface area contributed by atoms with E-state index in [1.54, 1.807) is 0 Å². The Morgan fingerprint density at radius 1 is 1.22 bits per heavy atom. The SMILES string of the molecule is CC(C)=CCCC[C@H]1C[C@@]2(C)C(CC[C@@H]2O)C2CCc3cc(O)ccc3C21. The number of unbranched alkanes of at least 4 members (excludes halogenated alkanes) is 1. The molecule has 0 aliphatic heterocycles. The number of benzene rings is 1. The summed E-state index contributed by atoms with van der Waals surface area (Å²) >= 11 is 0. The number of rotatable bonds is 4. The average Bonchev–Trinajstić information content (AvgIpc) is 2.92. The van der Waals surface area contributed by atoms with E-state index in [1.807, 2.05) is 12.1 Å². The molecule has 0 spiro atoms. The number of fused-ring (bicyclic) bond motifs is 5. The third-order valence-corrected chi connectivity index (χ3v) is 8.11. The first-order chi connectivity index (χ1) is 12.9. The summed E-state index contributed by atoms with van der Waals surface area (Å²) < 4.78 is 0. The van der Waals surface area contributed by atoms with Crippen LogP contribution in [0.1, 0.15) is 82.8 Å². The first kappa shape index (κ1) is 19.1. The minimum absolute atomic E-state index is 0.108. The van der Waals surface area contributed by atoms with Crippen LogP contribution in [-0.2, 0) is 6.42 Å². The van der Waals surface area contributed by atoms with Crippen molar-refractivity contribution in [1.29, 1.82) is 0 Å². The van der Waals surface area contributed by atoms with Gasteiger partial charge in [0.25, 0.3) is 0 Å². The van der Waals surface area contributed by atoms with Crippen molar-refractivity contribution in [2.75, 3.05) is 0 Å². The fourth-order valence-electron chi connectivity index (χ4n) is 6.90. The van der Waals surface area contributed by atoms with E-state index in [0.717, 1.165) is 19.3 Å².